The van der Waals surface area contributed by atoms with E-state index < -0.39 is 10.9 Å². The normalized spacial score (nSPS) is 10.7. The van der Waals surface area contributed by atoms with E-state index in [-0.39, 0.29) is 12.3 Å². The summed E-state index contributed by atoms with van der Waals surface area (Å²) in [4.78, 5) is 21.6. The molecule has 0 spiro atoms. The van der Waals surface area contributed by atoms with Crippen LogP contribution < -0.4 is 0 Å². The van der Waals surface area contributed by atoms with Crippen LogP contribution in [0.15, 0.2) is 47.1 Å². The fourth-order valence-corrected chi connectivity index (χ4v) is 1.70. The van der Waals surface area contributed by atoms with E-state index in [1.54, 1.807) is 12.1 Å². The Morgan fingerprint density at radius 1 is 1.43 bits per heavy atom. The summed E-state index contributed by atoms with van der Waals surface area (Å²) in [6, 6.07) is 7.32. The van der Waals surface area contributed by atoms with Gasteiger partial charge in [-0.05, 0) is 24.3 Å². The Balaban J connectivity index is 2.01. The number of furan rings is 1. The molecular formula is C14H10ClNO5. The van der Waals surface area contributed by atoms with Crippen molar-refractivity contribution in [2.24, 2.45) is 0 Å². The third-order valence-electron chi connectivity index (χ3n) is 2.53. The van der Waals surface area contributed by atoms with Gasteiger partial charge in [0, 0.05) is 28.8 Å². The van der Waals surface area contributed by atoms with Crippen LogP contribution in [0.25, 0.3) is 6.08 Å². The maximum Gasteiger partial charge on any atom is 0.331 e. The van der Waals surface area contributed by atoms with Gasteiger partial charge in [0.25, 0.3) is 5.69 Å². The molecule has 108 valence electrons. The van der Waals surface area contributed by atoms with Crippen LogP contribution in [0.4, 0.5) is 5.69 Å². The molecule has 0 N–H and O–H groups in total. The van der Waals surface area contributed by atoms with Crippen LogP contribution in [-0.2, 0) is 16.1 Å². The van der Waals surface area contributed by atoms with E-state index in [2.05, 4.69) is 0 Å². The summed E-state index contributed by atoms with van der Waals surface area (Å²) in [5, 5.41) is 11.0. The maximum atomic E-state index is 11.5. The second-order valence-corrected chi connectivity index (χ2v) is 4.39. The number of halogens is 1. The third kappa shape index (κ3) is 4.19. The van der Waals surface area contributed by atoms with Crippen LogP contribution >= 0.6 is 11.6 Å². The molecule has 6 nitrogen and oxygen atoms in total. The lowest BCUT2D eigenvalue weighted by Gasteiger charge is -2.00. The minimum atomic E-state index is -0.603. The Kier molecular flexibility index (Phi) is 4.73. The van der Waals surface area contributed by atoms with Crippen molar-refractivity contribution in [3.8, 4) is 0 Å². The molecule has 0 saturated carbocycles. The van der Waals surface area contributed by atoms with Gasteiger partial charge in [-0.15, -0.1) is 0 Å². The Labute approximate surface area is 124 Å². The average molecular weight is 308 g/mol. The number of rotatable bonds is 5. The molecule has 0 saturated heterocycles. The molecular weight excluding hydrogens is 298 g/mol. The summed E-state index contributed by atoms with van der Waals surface area (Å²) in [5.74, 6) is -0.0842. The van der Waals surface area contributed by atoms with Crippen molar-refractivity contribution in [2.75, 3.05) is 0 Å². The largest absolute Gasteiger partial charge is 0.466 e. The summed E-state index contributed by atoms with van der Waals surface area (Å²) >= 11 is 5.90. The van der Waals surface area contributed by atoms with Gasteiger partial charge in [0.2, 0.25) is 0 Å². The van der Waals surface area contributed by atoms with Gasteiger partial charge in [0.05, 0.1) is 11.2 Å². The van der Waals surface area contributed by atoms with E-state index in [4.69, 9.17) is 20.8 Å². The minimum Gasteiger partial charge on any atom is -0.466 e. The van der Waals surface area contributed by atoms with Crippen LogP contribution in [-0.4, -0.2) is 10.9 Å². The van der Waals surface area contributed by atoms with Crippen molar-refractivity contribution in [3.63, 3.8) is 0 Å². The molecule has 0 amide bonds. The molecule has 0 aliphatic carbocycles. The first kappa shape index (κ1) is 14.8. The highest BCUT2D eigenvalue weighted by atomic mass is 35.5. The van der Waals surface area contributed by atoms with Gasteiger partial charge >= 0.3 is 5.97 Å². The fourth-order valence-electron chi connectivity index (χ4n) is 1.52. The van der Waals surface area contributed by atoms with Crippen molar-refractivity contribution in [2.45, 2.75) is 6.61 Å². The smallest absolute Gasteiger partial charge is 0.331 e. The Bertz CT molecular complexity index is 679. The molecule has 0 atom stereocenters. The van der Waals surface area contributed by atoms with E-state index in [9.17, 15) is 14.9 Å². The van der Waals surface area contributed by atoms with Crippen LogP contribution in [0.2, 0.25) is 5.02 Å². The Morgan fingerprint density at radius 2 is 2.24 bits per heavy atom. The van der Waals surface area contributed by atoms with E-state index >= 15 is 0 Å². The number of benzene rings is 1. The summed E-state index contributed by atoms with van der Waals surface area (Å²) < 4.78 is 9.94. The predicted octanol–water partition coefficient (Wildman–Crippen LogP) is 3.60. The molecule has 1 heterocycles. The molecule has 0 unspecified atom stereocenters. The lowest BCUT2D eigenvalue weighted by molar-refractivity contribution is -0.384. The fraction of sp³-hybridized carbons (Fsp3) is 0.0714. The maximum absolute atomic E-state index is 11.5. The molecule has 7 heteroatoms. The number of nitrogens with zero attached hydrogens (tertiary/aromatic N) is 1. The van der Waals surface area contributed by atoms with Gasteiger partial charge in [-0.1, -0.05) is 11.6 Å². The Hall–Kier alpha value is -2.60. The first-order chi connectivity index (χ1) is 10.1. The highest BCUT2D eigenvalue weighted by Gasteiger charge is 2.08. The Morgan fingerprint density at radius 3 is 2.90 bits per heavy atom. The zero-order valence-corrected chi connectivity index (χ0v) is 11.4. The van der Waals surface area contributed by atoms with Crippen LogP contribution in [0.1, 0.15) is 11.3 Å². The molecule has 0 aliphatic rings. The number of ether oxygens (including phenoxy) is 1. The lowest BCUT2D eigenvalue weighted by atomic mass is 10.2. The zero-order chi connectivity index (χ0) is 15.2. The molecule has 0 fully saturated rings. The van der Waals surface area contributed by atoms with Gasteiger partial charge in [0.1, 0.15) is 12.4 Å². The number of hydrogen-bond acceptors (Lipinski definition) is 5. The molecule has 21 heavy (non-hydrogen) atoms. The standard InChI is InChI=1S/C14H10ClNO5/c15-13-5-4-11(16(18)19)8-10(13)3-6-14(17)21-9-12-2-1-7-20-12/h1-8H,9H2. The molecule has 0 aliphatic heterocycles. The quantitative estimate of drug-likeness (QED) is 0.365. The number of carbonyl (C=O) groups excluding carboxylic acids is 1. The van der Waals surface area contributed by atoms with Crippen molar-refractivity contribution in [1.29, 1.82) is 0 Å². The summed E-state index contributed by atoms with van der Waals surface area (Å²) in [5.41, 5.74) is 0.254. The predicted molar refractivity (Wildman–Crippen MR) is 75.6 cm³/mol. The minimum absolute atomic E-state index is 0.0127. The van der Waals surface area contributed by atoms with Crippen molar-refractivity contribution < 1.29 is 18.9 Å². The van der Waals surface area contributed by atoms with E-state index in [1.807, 2.05) is 0 Å². The number of non-ortho nitro benzene ring substituents is 1. The van der Waals surface area contributed by atoms with Gasteiger partial charge in [0.15, 0.2) is 0 Å². The van der Waals surface area contributed by atoms with E-state index in [0.717, 1.165) is 6.08 Å². The molecule has 2 rings (SSSR count). The highest BCUT2D eigenvalue weighted by molar-refractivity contribution is 6.32. The van der Waals surface area contributed by atoms with Gasteiger partial charge in [-0.2, -0.15) is 0 Å². The van der Waals surface area contributed by atoms with Gasteiger partial charge in [-0.25, -0.2) is 4.79 Å². The zero-order valence-electron chi connectivity index (χ0n) is 10.7. The highest BCUT2D eigenvalue weighted by Crippen LogP contribution is 2.23. The number of nitro benzene ring substituents is 1. The van der Waals surface area contributed by atoms with E-state index in [1.165, 1.54) is 30.5 Å². The first-order valence-electron chi connectivity index (χ1n) is 5.87. The molecule has 0 radical (unpaired) electrons. The van der Waals surface area contributed by atoms with Gasteiger partial charge in [-0.3, -0.25) is 10.1 Å². The van der Waals surface area contributed by atoms with Crippen LogP contribution in [0.5, 0.6) is 0 Å². The molecule has 2 aromatic rings. The van der Waals surface area contributed by atoms with E-state index in [0.29, 0.717) is 16.3 Å². The van der Waals surface area contributed by atoms with Gasteiger partial charge < -0.3 is 9.15 Å². The van der Waals surface area contributed by atoms with Crippen LogP contribution in [0, 0.1) is 10.1 Å². The molecule has 1 aromatic heterocycles. The SMILES string of the molecule is O=C(C=Cc1cc([N+](=O)[O-])ccc1Cl)OCc1ccco1. The number of esters is 1. The summed E-state index contributed by atoms with van der Waals surface area (Å²) in [6.45, 7) is 0.0127. The monoisotopic (exact) mass is 307 g/mol. The van der Waals surface area contributed by atoms with Crippen molar-refractivity contribution >= 4 is 29.3 Å². The molecule has 0 bridgehead atoms. The topological polar surface area (TPSA) is 82.6 Å². The van der Waals surface area contributed by atoms with Crippen LogP contribution in [0.3, 0.4) is 0 Å². The lowest BCUT2D eigenvalue weighted by Crippen LogP contribution is -1.99. The summed E-state index contributed by atoms with van der Waals surface area (Å²) in [6.07, 6.45) is 3.98. The second kappa shape index (κ2) is 6.71. The second-order valence-electron chi connectivity index (χ2n) is 3.98. The average Bonchev–Trinajstić information content (AvgIpc) is 2.97. The number of nitro groups is 1. The van der Waals surface area contributed by atoms with Crippen molar-refractivity contribution in [3.05, 3.63) is 69.1 Å². The number of carbonyl (C=O) groups is 1. The third-order valence-corrected chi connectivity index (χ3v) is 2.87. The molecule has 1 aromatic carbocycles. The van der Waals surface area contributed by atoms with Crippen molar-refractivity contribution in [1.82, 2.24) is 0 Å². The summed E-state index contributed by atoms with van der Waals surface area (Å²) in [7, 11) is 0. The number of hydrogen-bond donors (Lipinski definition) is 0. The first-order valence-corrected chi connectivity index (χ1v) is 6.25.